The van der Waals surface area contributed by atoms with Crippen LogP contribution in [0.3, 0.4) is 0 Å². The molecule has 1 saturated carbocycles. The topological polar surface area (TPSA) is 38.7 Å². The van der Waals surface area contributed by atoms with E-state index >= 15 is 0 Å². The molecular weight excluding hydrogens is 479 g/mol. The van der Waals surface area contributed by atoms with Crippen LogP contribution in [0, 0.1) is 61.3 Å². The van der Waals surface area contributed by atoms with Crippen LogP contribution in [0.25, 0.3) is 0 Å². The van der Waals surface area contributed by atoms with E-state index in [-0.39, 0.29) is 61.9 Å². The second-order valence-corrected chi connectivity index (χ2v) is 6.94. The maximum absolute atomic E-state index is 10.7. The molecule has 3 nitrogen and oxygen atoms in total. The molecule has 1 saturated heterocycles. The minimum Gasteiger partial charge on any atom is -0.393 e. The van der Waals surface area contributed by atoms with Gasteiger partial charge in [-0.1, -0.05) is 33.6 Å². The zero-order valence-electron chi connectivity index (χ0n) is 14.0. The molecule has 0 spiro atoms. The molecule has 2 rings (SSSR count). The van der Waals surface area contributed by atoms with Crippen LogP contribution in [0.2, 0.25) is 0 Å². The standard InChI is InChI=1S/C17H32O3.Ac/c1-4-13-11-14(5-2)17(3,12-13)15(18)7-6-8-16-19-9-10-20-16;/h13-16,18H,4-12H2,1-3H3;. The molecule has 0 bridgehead atoms. The fourth-order valence-electron chi connectivity index (χ4n) is 4.28. The molecule has 0 aromatic carbocycles. The minimum atomic E-state index is -0.176. The van der Waals surface area contributed by atoms with Crippen molar-refractivity contribution in [1.82, 2.24) is 0 Å². The molecule has 1 aliphatic carbocycles. The predicted molar refractivity (Wildman–Crippen MR) is 80.5 cm³/mol. The van der Waals surface area contributed by atoms with Crippen molar-refractivity contribution in [2.45, 2.75) is 78.1 Å². The van der Waals surface area contributed by atoms with Crippen molar-refractivity contribution in [3.05, 3.63) is 0 Å². The summed E-state index contributed by atoms with van der Waals surface area (Å²) in [6.45, 7) is 8.31. The van der Waals surface area contributed by atoms with E-state index in [0.717, 1.165) is 38.4 Å². The predicted octanol–water partition coefficient (Wildman–Crippen LogP) is 3.74. The summed E-state index contributed by atoms with van der Waals surface area (Å²) in [5, 5.41) is 10.7. The van der Waals surface area contributed by atoms with Crippen molar-refractivity contribution < 1.29 is 58.6 Å². The second kappa shape index (κ2) is 9.58. The fourth-order valence-corrected chi connectivity index (χ4v) is 4.28. The van der Waals surface area contributed by atoms with Gasteiger partial charge in [-0.2, -0.15) is 0 Å². The SMILES string of the molecule is CCC1CC(CC)C(C)(C(O)CCCC2OCCO2)C1.[Ac]. The molecule has 0 amide bonds. The maximum Gasteiger partial charge on any atom is 0.157 e. The van der Waals surface area contributed by atoms with E-state index in [1.807, 2.05) is 0 Å². The zero-order chi connectivity index (χ0) is 14.6. The van der Waals surface area contributed by atoms with Gasteiger partial charge in [-0.3, -0.25) is 0 Å². The molecule has 121 valence electrons. The van der Waals surface area contributed by atoms with E-state index in [1.54, 1.807) is 0 Å². The molecule has 0 aromatic heterocycles. The summed E-state index contributed by atoms with van der Waals surface area (Å²) in [6, 6.07) is 0. The van der Waals surface area contributed by atoms with Crippen molar-refractivity contribution in [3.8, 4) is 0 Å². The van der Waals surface area contributed by atoms with E-state index < -0.39 is 0 Å². The van der Waals surface area contributed by atoms with Crippen LogP contribution in [0.1, 0.15) is 65.7 Å². The second-order valence-electron chi connectivity index (χ2n) is 6.94. The Bertz CT molecular complexity index is 294. The molecule has 4 atom stereocenters. The van der Waals surface area contributed by atoms with Crippen molar-refractivity contribution in [3.63, 3.8) is 0 Å². The molecule has 4 heteroatoms. The van der Waals surface area contributed by atoms with Crippen LogP contribution < -0.4 is 0 Å². The van der Waals surface area contributed by atoms with Gasteiger partial charge in [0.05, 0.1) is 19.3 Å². The number of hydrogen-bond acceptors (Lipinski definition) is 3. The molecule has 1 heterocycles. The number of rotatable bonds is 7. The monoisotopic (exact) mass is 511 g/mol. The van der Waals surface area contributed by atoms with Crippen LogP contribution in [0.5, 0.6) is 0 Å². The van der Waals surface area contributed by atoms with Crippen LogP contribution in [-0.2, 0) is 9.47 Å². The smallest absolute Gasteiger partial charge is 0.157 e. The molecule has 21 heavy (non-hydrogen) atoms. The average molecular weight is 511 g/mol. The first kappa shape index (κ1) is 20.4. The third-order valence-electron chi connectivity index (χ3n) is 5.72. The van der Waals surface area contributed by atoms with Gasteiger partial charge in [0.15, 0.2) is 6.29 Å². The number of hydrogen-bond donors (Lipinski definition) is 1. The van der Waals surface area contributed by atoms with Gasteiger partial charge in [-0.05, 0) is 49.4 Å². The van der Waals surface area contributed by atoms with E-state index in [9.17, 15) is 5.11 Å². The normalized spacial score (nSPS) is 34.9. The summed E-state index contributed by atoms with van der Waals surface area (Å²) in [6.07, 6.45) is 7.54. The molecule has 2 aliphatic rings. The van der Waals surface area contributed by atoms with Crippen LogP contribution in [0.15, 0.2) is 0 Å². The summed E-state index contributed by atoms with van der Waals surface area (Å²) in [5.41, 5.74) is 0.118. The largest absolute Gasteiger partial charge is 0.393 e. The molecule has 2 fully saturated rings. The summed E-state index contributed by atoms with van der Waals surface area (Å²) >= 11 is 0. The maximum atomic E-state index is 10.7. The summed E-state index contributed by atoms with van der Waals surface area (Å²) < 4.78 is 10.9. The van der Waals surface area contributed by atoms with E-state index in [4.69, 9.17) is 9.47 Å². The van der Waals surface area contributed by atoms with Gasteiger partial charge >= 0.3 is 0 Å². The zero-order valence-corrected chi connectivity index (χ0v) is 18.8. The number of aliphatic hydroxyl groups excluding tert-OH is 1. The summed E-state index contributed by atoms with van der Waals surface area (Å²) in [5.74, 6) is 1.49. The van der Waals surface area contributed by atoms with Gasteiger partial charge in [0.25, 0.3) is 0 Å². The van der Waals surface area contributed by atoms with Crippen LogP contribution in [-0.4, -0.2) is 30.7 Å². The number of ether oxygens (including phenoxy) is 2. The Kier molecular flexibility index (Phi) is 9.29. The minimum absolute atomic E-state index is 0. The van der Waals surface area contributed by atoms with Crippen molar-refractivity contribution in [2.24, 2.45) is 17.3 Å². The van der Waals surface area contributed by atoms with Gasteiger partial charge in [-0.15, -0.1) is 0 Å². The van der Waals surface area contributed by atoms with E-state index in [0.29, 0.717) is 5.92 Å². The van der Waals surface area contributed by atoms with E-state index in [1.165, 1.54) is 25.7 Å². The molecule has 1 aliphatic heterocycles. The first-order valence-electron chi connectivity index (χ1n) is 8.51. The molecule has 1 radical (unpaired) electrons. The van der Waals surface area contributed by atoms with Gasteiger partial charge in [0, 0.05) is 44.1 Å². The quantitative estimate of drug-likeness (QED) is 0.566. The Morgan fingerprint density at radius 3 is 2.43 bits per heavy atom. The third kappa shape index (κ3) is 5.15. The van der Waals surface area contributed by atoms with Gasteiger partial charge < -0.3 is 14.6 Å². The Morgan fingerprint density at radius 1 is 1.19 bits per heavy atom. The Labute approximate surface area is 166 Å². The molecule has 0 aromatic rings. The average Bonchev–Trinajstić information content (AvgIpc) is 3.06. The number of aliphatic hydroxyl groups is 1. The molecule has 4 unspecified atom stereocenters. The first-order valence-corrected chi connectivity index (χ1v) is 8.51. The fraction of sp³-hybridized carbons (Fsp3) is 1.00. The summed E-state index contributed by atoms with van der Waals surface area (Å²) in [4.78, 5) is 0. The van der Waals surface area contributed by atoms with Gasteiger partial charge in [-0.25, -0.2) is 0 Å². The van der Waals surface area contributed by atoms with Crippen molar-refractivity contribution in [2.75, 3.05) is 13.2 Å². The summed E-state index contributed by atoms with van der Waals surface area (Å²) in [7, 11) is 0. The molecule has 1 N–H and O–H groups in total. The van der Waals surface area contributed by atoms with Crippen molar-refractivity contribution >= 4 is 0 Å². The van der Waals surface area contributed by atoms with Gasteiger partial charge in [0.2, 0.25) is 0 Å². The Balaban J connectivity index is 0.00000220. The van der Waals surface area contributed by atoms with E-state index in [2.05, 4.69) is 20.8 Å². The van der Waals surface area contributed by atoms with Crippen LogP contribution >= 0.6 is 0 Å². The Morgan fingerprint density at radius 2 is 1.86 bits per heavy atom. The molecular formula is C17H32AcO3. The van der Waals surface area contributed by atoms with Crippen molar-refractivity contribution in [1.29, 1.82) is 0 Å². The third-order valence-corrected chi connectivity index (χ3v) is 5.72. The first-order chi connectivity index (χ1) is 9.60. The van der Waals surface area contributed by atoms with Gasteiger partial charge in [0.1, 0.15) is 0 Å². The van der Waals surface area contributed by atoms with Crippen LogP contribution in [0.4, 0.5) is 0 Å². The Hall–Kier alpha value is 1.32.